The van der Waals surface area contributed by atoms with Crippen LogP contribution in [0.2, 0.25) is 0 Å². The zero-order valence-corrected chi connectivity index (χ0v) is 11.4. The van der Waals surface area contributed by atoms with E-state index in [1.54, 1.807) is 0 Å². The van der Waals surface area contributed by atoms with E-state index in [4.69, 9.17) is 5.11 Å². The summed E-state index contributed by atoms with van der Waals surface area (Å²) in [6.07, 6.45) is 4.64. The fourth-order valence-corrected chi connectivity index (χ4v) is 2.85. The topological polar surface area (TPSA) is 23.5 Å². The maximum Gasteiger partial charge on any atom is 0.0434 e. The van der Waals surface area contributed by atoms with Crippen molar-refractivity contribution in [2.45, 2.75) is 39.2 Å². The van der Waals surface area contributed by atoms with Crippen LogP contribution in [-0.2, 0) is 13.0 Å². The highest BCUT2D eigenvalue weighted by molar-refractivity contribution is 5.22. The molecule has 1 heterocycles. The fourth-order valence-electron chi connectivity index (χ4n) is 2.85. The molecule has 18 heavy (non-hydrogen) atoms. The van der Waals surface area contributed by atoms with E-state index in [1.165, 1.54) is 30.5 Å². The Morgan fingerprint density at radius 3 is 2.61 bits per heavy atom. The van der Waals surface area contributed by atoms with Crippen molar-refractivity contribution in [1.29, 1.82) is 0 Å². The molecular formula is C16H25NO. The van der Waals surface area contributed by atoms with Gasteiger partial charge in [-0.3, -0.25) is 4.90 Å². The first-order valence-corrected chi connectivity index (χ1v) is 7.23. The second-order valence-corrected chi connectivity index (χ2v) is 5.43. The third-order valence-corrected chi connectivity index (χ3v) is 3.98. The highest BCUT2D eigenvalue weighted by atomic mass is 16.3. The Labute approximate surface area is 111 Å². The summed E-state index contributed by atoms with van der Waals surface area (Å²) in [5.41, 5.74) is 2.83. The zero-order valence-electron chi connectivity index (χ0n) is 11.4. The van der Waals surface area contributed by atoms with Gasteiger partial charge in [-0.2, -0.15) is 0 Å². The van der Waals surface area contributed by atoms with E-state index in [-0.39, 0.29) is 0 Å². The molecule has 1 saturated heterocycles. The molecule has 100 valence electrons. The van der Waals surface area contributed by atoms with Crippen LogP contribution in [0.4, 0.5) is 0 Å². The molecule has 0 aliphatic carbocycles. The summed E-state index contributed by atoms with van der Waals surface area (Å²) in [6.45, 7) is 5.95. The predicted molar refractivity (Wildman–Crippen MR) is 75.5 cm³/mol. The summed E-state index contributed by atoms with van der Waals surface area (Å²) in [4.78, 5) is 2.53. The number of likely N-dealkylation sites (tertiary alicyclic amines) is 1. The van der Waals surface area contributed by atoms with Gasteiger partial charge in [-0.15, -0.1) is 0 Å². The van der Waals surface area contributed by atoms with E-state index in [2.05, 4.69) is 36.1 Å². The largest absolute Gasteiger partial charge is 0.396 e. The van der Waals surface area contributed by atoms with Crippen LogP contribution in [0.5, 0.6) is 0 Å². The lowest BCUT2D eigenvalue weighted by Gasteiger charge is -2.32. The van der Waals surface area contributed by atoms with Gasteiger partial charge in [0.15, 0.2) is 0 Å². The smallest absolute Gasteiger partial charge is 0.0434 e. The summed E-state index contributed by atoms with van der Waals surface area (Å²) >= 11 is 0. The van der Waals surface area contributed by atoms with Gasteiger partial charge in [0.1, 0.15) is 0 Å². The van der Waals surface area contributed by atoms with Gasteiger partial charge in [-0.1, -0.05) is 31.2 Å². The van der Waals surface area contributed by atoms with Gasteiger partial charge in [0.05, 0.1) is 0 Å². The quantitative estimate of drug-likeness (QED) is 0.865. The van der Waals surface area contributed by atoms with Crippen molar-refractivity contribution in [2.24, 2.45) is 5.92 Å². The van der Waals surface area contributed by atoms with Crippen LogP contribution in [0, 0.1) is 5.92 Å². The van der Waals surface area contributed by atoms with Crippen molar-refractivity contribution >= 4 is 0 Å². The Hall–Kier alpha value is -0.860. The van der Waals surface area contributed by atoms with Crippen molar-refractivity contribution in [3.8, 4) is 0 Å². The maximum atomic E-state index is 9.03. The van der Waals surface area contributed by atoms with Crippen LogP contribution < -0.4 is 0 Å². The van der Waals surface area contributed by atoms with E-state index in [9.17, 15) is 0 Å². The summed E-state index contributed by atoms with van der Waals surface area (Å²) < 4.78 is 0. The number of aliphatic hydroxyl groups excluding tert-OH is 1. The molecular weight excluding hydrogens is 222 g/mol. The molecule has 1 atom stereocenters. The first-order valence-electron chi connectivity index (χ1n) is 7.23. The first-order chi connectivity index (χ1) is 8.81. The number of benzene rings is 1. The predicted octanol–water partition coefficient (Wildman–Crippen LogP) is 2.84. The third kappa shape index (κ3) is 3.82. The highest BCUT2D eigenvalue weighted by Gasteiger charge is 2.19. The molecule has 0 saturated carbocycles. The number of piperidine rings is 1. The standard InChI is InChI=1S/C16H25NO/c1-2-14-5-7-16(8-6-14)13-17-10-3-4-15(12-17)9-11-18/h5-8,15,18H,2-4,9-13H2,1H3. The minimum absolute atomic E-state index is 0.337. The average Bonchev–Trinajstić information content (AvgIpc) is 2.40. The van der Waals surface area contributed by atoms with E-state index in [0.29, 0.717) is 12.5 Å². The molecule has 1 unspecified atom stereocenters. The van der Waals surface area contributed by atoms with E-state index >= 15 is 0 Å². The van der Waals surface area contributed by atoms with Gasteiger partial charge < -0.3 is 5.11 Å². The Bertz CT molecular complexity index is 345. The van der Waals surface area contributed by atoms with Crippen molar-refractivity contribution in [1.82, 2.24) is 4.90 Å². The number of nitrogens with zero attached hydrogens (tertiary/aromatic N) is 1. The monoisotopic (exact) mass is 247 g/mol. The van der Waals surface area contributed by atoms with Crippen LogP contribution in [0.1, 0.15) is 37.3 Å². The molecule has 1 fully saturated rings. The van der Waals surface area contributed by atoms with E-state index in [0.717, 1.165) is 25.9 Å². The SMILES string of the molecule is CCc1ccc(CN2CCCC(CCO)C2)cc1. The summed E-state index contributed by atoms with van der Waals surface area (Å²) in [6, 6.07) is 9.00. The molecule has 2 rings (SSSR count). The Kier molecular flexibility index (Phi) is 5.21. The Morgan fingerprint density at radius 2 is 1.94 bits per heavy atom. The van der Waals surface area contributed by atoms with Gasteiger partial charge in [-0.25, -0.2) is 0 Å². The molecule has 0 radical (unpaired) electrons. The van der Waals surface area contributed by atoms with Crippen molar-refractivity contribution in [3.63, 3.8) is 0 Å². The highest BCUT2D eigenvalue weighted by Crippen LogP contribution is 2.21. The van der Waals surface area contributed by atoms with Crippen molar-refractivity contribution in [3.05, 3.63) is 35.4 Å². The molecule has 0 amide bonds. The minimum atomic E-state index is 0.337. The van der Waals surface area contributed by atoms with Crippen molar-refractivity contribution < 1.29 is 5.11 Å². The van der Waals surface area contributed by atoms with Crippen LogP contribution in [0.15, 0.2) is 24.3 Å². The van der Waals surface area contributed by atoms with Gasteiger partial charge in [0, 0.05) is 19.7 Å². The van der Waals surface area contributed by atoms with Gasteiger partial charge in [-0.05, 0) is 49.3 Å². The molecule has 0 spiro atoms. The number of aliphatic hydroxyl groups is 1. The minimum Gasteiger partial charge on any atom is -0.396 e. The van der Waals surface area contributed by atoms with Crippen LogP contribution in [-0.4, -0.2) is 29.7 Å². The molecule has 1 aliphatic heterocycles. The lowest BCUT2D eigenvalue weighted by molar-refractivity contribution is 0.142. The van der Waals surface area contributed by atoms with E-state index < -0.39 is 0 Å². The molecule has 2 nitrogen and oxygen atoms in total. The average molecular weight is 247 g/mol. The van der Waals surface area contributed by atoms with Crippen LogP contribution >= 0.6 is 0 Å². The molecule has 1 aromatic rings. The zero-order chi connectivity index (χ0) is 12.8. The van der Waals surface area contributed by atoms with Gasteiger partial charge in [0.2, 0.25) is 0 Å². The van der Waals surface area contributed by atoms with E-state index in [1.807, 2.05) is 0 Å². The summed E-state index contributed by atoms with van der Waals surface area (Å²) in [5, 5.41) is 9.03. The number of aryl methyl sites for hydroxylation is 1. The number of hydrogen-bond acceptors (Lipinski definition) is 2. The molecule has 1 N–H and O–H groups in total. The maximum absolute atomic E-state index is 9.03. The third-order valence-electron chi connectivity index (χ3n) is 3.98. The molecule has 2 heteroatoms. The second kappa shape index (κ2) is 6.91. The Morgan fingerprint density at radius 1 is 1.22 bits per heavy atom. The van der Waals surface area contributed by atoms with Gasteiger partial charge >= 0.3 is 0 Å². The molecule has 1 aliphatic rings. The second-order valence-electron chi connectivity index (χ2n) is 5.43. The molecule has 1 aromatic carbocycles. The number of rotatable bonds is 5. The van der Waals surface area contributed by atoms with Crippen LogP contribution in [0.25, 0.3) is 0 Å². The Balaban J connectivity index is 1.87. The normalized spacial score (nSPS) is 21.1. The summed E-state index contributed by atoms with van der Waals surface area (Å²) in [7, 11) is 0. The molecule has 0 bridgehead atoms. The lowest BCUT2D eigenvalue weighted by atomic mass is 9.95. The van der Waals surface area contributed by atoms with Crippen LogP contribution in [0.3, 0.4) is 0 Å². The molecule has 0 aromatic heterocycles. The number of hydrogen-bond donors (Lipinski definition) is 1. The van der Waals surface area contributed by atoms with Crippen molar-refractivity contribution in [2.75, 3.05) is 19.7 Å². The van der Waals surface area contributed by atoms with Gasteiger partial charge in [0.25, 0.3) is 0 Å². The fraction of sp³-hybridized carbons (Fsp3) is 0.625. The first kappa shape index (κ1) is 13.6. The summed E-state index contributed by atoms with van der Waals surface area (Å²) in [5.74, 6) is 0.693. The lowest BCUT2D eigenvalue weighted by Crippen LogP contribution is -2.35.